The third-order valence-corrected chi connectivity index (χ3v) is 4.22. The van der Waals surface area contributed by atoms with Crippen LogP contribution in [0.3, 0.4) is 0 Å². The van der Waals surface area contributed by atoms with Gasteiger partial charge < -0.3 is 20.1 Å². The van der Waals surface area contributed by atoms with Gasteiger partial charge >= 0.3 is 12.0 Å². The Balaban J connectivity index is 1.89. The molecule has 0 aliphatic carbocycles. The second-order valence-corrected chi connectivity index (χ2v) is 5.78. The lowest BCUT2D eigenvalue weighted by Gasteiger charge is -2.31. The number of carbonyl (C=O) groups excluding carboxylic acids is 1. The van der Waals surface area contributed by atoms with E-state index in [1.807, 2.05) is 31.3 Å². The van der Waals surface area contributed by atoms with Crippen LogP contribution in [-0.4, -0.2) is 48.3 Å². The van der Waals surface area contributed by atoms with Crippen LogP contribution in [0.5, 0.6) is 0 Å². The summed E-state index contributed by atoms with van der Waals surface area (Å²) in [6.07, 6.45) is 2.28. The lowest BCUT2D eigenvalue weighted by Crippen LogP contribution is -2.45. The second-order valence-electron chi connectivity index (χ2n) is 5.78. The van der Waals surface area contributed by atoms with E-state index in [2.05, 4.69) is 5.32 Å². The molecule has 1 aromatic rings. The lowest BCUT2D eigenvalue weighted by molar-refractivity contribution is -0.136. The molecule has 6 heteroatoms. The fourth-order valence-corrected chi connectivity index (χ4v) is 2.75. The molecule has 0 radical (unpaired) electrons. The van der Waals surface area contributed by atoms with E-state index in [0.717, 1.165) is 24.0 Å². The molecule has 1 aromatic carbocycles. The number of carboxylic acids is 1. The van der Waals surface area contributed by atoms with Crippen molar-refractivity contribution in [3.63, 3.8) is 0 Å². The van der Waals surface area contributed by atoms with E-state index in [9.17, 15) is 9.59 Å². The van der Waals surface area contributed by atoms with Gasteiger partial charge in [-0.3, -0.25) is 4.79 Å². The maximum absolute atomic E-state index is 12.3. The fraction of sp³-hybridized carbons (Fsp3) is 0.529. The Bertz CT molecular complexity index is 541. The number of hydrogen-bond acceptors (Lipinski definition) is 3. The fourth-order valence-electron chi connectivity index (χ4n) is 2.75. The number of carboxylic acid groups (broad SMARTS) is 1. The van der Waals surface area contributed by atoms with Gasteiger partial charge in [-0.1, -0.05) is 24.3 Å². The topological polar surface area (TPSA) is 78.9 Å². The quantitative estimate of drug-likeness (QED) is 0.840. The lowest BCUT2D eigenvalue weighted by atomic mass is 10.0. The van der Waals surface area contributed by atoms with Crippen molar-refractivity contribution in [1.29, 1.82) is 0 Å². The van der Waals surface area contributed by atoms with E-state index in [1.165, 1.54) is 0 Å². The van der Waals surface area contributed by atoms with E-state index in [0.29, 0.717) is 26.2 Å². The molecule has 1 fully saturated rings. The van der Waals surface area contributed by atoms with E-state index < -0.39 is 5.97 Å². The molecule has 0 saturated carbocycles. The summed E-state index contributed by atoms with van der Waals surface area (Å²) in [4.78, 5) is 24.7. The summed E-state index contributed by atoms with van der Waals surface area (Å²) in [6.45, 7) is 1.79. The zero-order valence-electron chi connectivity index (χ0n) is 13.5. The summed E-state index contributed by atoms with van der Waals surface area (Å²) in [7, 11) is 1.81. The Morgan fingerprint density at radius 2 is 1.91 bits per heavy atom. The Labute approximate surface area is 136 Å². The molecule has 23 heavy (non-hydrogen) atoms. The smallest absolute Gasteiger partial charge is 0.317 e. The van der Waals surface area contributed by atoms with Crippen LogP contribution in [0.2, 0.25) is 0 Å². The highest BCUT2D eigenvalue weighted by atomic mass is 16.5. The van der Waals surface area contributed by atoms with Crippen LogP contribution >= 0.6 is 0 Å². The van der Waals surface area contributed by atoms with Gasteiger partial charge in [0.2, 0.25) is 0 Å². The van der Waals surface area contributed by atoms with Gasteiger partial charge in [0.25, 0.3) is 0 Å². The molecule has 0 atom stereocenters. The first-order valence-corrected chi connectivity index (χ1v) is 7.95. The van der Waals surface area contributed by atoms with Gasteiger partial charge in [-0.2, -0.15) is 0 Å². The molecule has 2 N–H and O–H groups in total. The molecule has 1 aliphatic heterocycles. The molecule has 126 valence electrons. The summed E-state index contributed by atoms with van der Waals surface area (Å²) in [5, 5.41) is 11.7. The normalized spacial score (nSPS) is 15.2. The van der Waals surface area contributed by atoms with E-state index in [4.69, 9.17) is 9.84 Å². The molecular weight excluding hydrogens is 296 g/mol. The maximum atomic E-state index is 12.3. The van der Waals surface area contributed by atoms with Crippen molar-refractivity contribution >= 4 is 12.0 Å². The molecular formula is C17H24N2O4. The van der Waals surface area contributed by atoms with Crippen LogP contribution in [0.15, 0.2) is 24.3 Å². The van der Waals surface area contributed by atoms with Crippen LogP contribution in [0.1, 0.15) is 30.4 Å². The number of aliphatic carboxylic acids is 1. The SMILES string of the molecule is CN(C(=O)NCc1ccccc1CCC(=O)O)C1CCOCC1. The van der Waals surface area contributed by atoms with Crippen molar-refractivity contribution in [2.75, 3.05) is 20.3 Å². The van der Waals surface area contributed by atoms with Gasteiger partial charge in [0.15, 0.2) is 0 Å². The van der Waals surface area contributed by atoms with Crippen LogP contribution in [0.4, 0.5) is 4.79 Å². The Hall–Kier alpha value is -2.08. The largest absolute Gasteiger partial charge is 0.481 e. The van der Waals surface area contributed by atoms with Gasteiger partial charge in [-0.15, -0.1) is 0 Å². The number of hydrogen-bond donors (Lipinski definition) is 2. The number of nitrogens with zero attached hydrogens (tertiary/aromatic N) is 1. The van der Waals surface area contributed by atoms with Crippen LogP contribution in [0.25, 0.3) is 0 Å². The Kier molecular flexibility index (Phi) is 6.40. The van der Waals surface area contributed by atoms with Crippen molar-refractivity contribution in [3.8, 4) is 0 Å². The third kappa shape index (κ3) is 5.25. The zero-order chi connectivity index (χ0) is 16.7. The standard InChI is InChI=1S/C17H24N2O4/c1-19(15-8-10-23-11-9-15)17(22)18-12-14-5-3-2-4-13(14)6-7-16(20)21/h2-5,15H,6-12H2,1H3,(H,18,22)(H,20,21). The predicted octanol–water partition coefficient (Wildman–Crippen LogP) is 2.02. The van der Waals surface area contributed by atoms with Gasteiger partial charge in [-0.05, 0) is 30.4 Å². The highest BCUT2D eigenvalue weighted by Gasteiger charge is 2.22. The van der Waals surface area contributed by atoms with Crippen molar-refractivity contribution in [3.05, 3.63) is 35.4 Å². The van der Waals surface area contributed by atoms with Gasteiger partial charge in [0, 0.05) is 39.3 Å². The Morgan fingerprint density at radius 1 is 1.26 bits per heavy atom. The average molecular weight is 320 g/mol. The van der Waals surface area contributed by atoms with Crippen LogP contribution in [0, 0.1) is 0 Å². The van der Waals surface area contributed by atoms with Gasteiger partial charge in [0.05, 0.1) is 0 Å². The Morgan fingerprint density at radius 3 is 2.57 bits per heavy atom. The monoisotopic (exact) mass is 320 g/mol. The molecule has 0 unspecified atom stereocenters. The van der Waals surface area contributed by atoms with Crippen molar-refractivity contribution < 1.29 is 19.4 Å². The number of ether oxygens (including phenoxy) is 1. The first kappa shape index (κ1) is 17.3. The number of urea groups is 1. The summed E-state index contributed by atoms with van der Waals surface area (Å²) >= 11 is 0. The van der Waals surface area contributed by atoms with Gasteiger partial charge in [0.1, 0.15) is 0 Å². The number of rotatable bonds is 6. The highest BCUT2D eigenvalue weighted by Crippen LogP contribution is 2.14. The molecule has 0 aromatic heterocycles. The summed E-state index contributed by atoms with van der Waals surface area (Å²) < 4.78 is 5.31. The summed E-state index contributed by atoms with van der Waals surface area (Å²) in [5.74, 6) is -0.817. The summed E-state index contributed by atoms with van der Waals surface area (Å²) in [5.41, 5.74) is 1.92. The minimum atomic E-state index is -0.817. The van der Waals surface area contributed by atoms with Crippen LogP contribution < -0.4 is 5.32 Å². The van der Waals surface area contributed by atoms with Gasteiger partial charge in [-0.25, -0.2) is 4.79 Å². The predicted molar refractivity (Wildman–Crippen MR) is 86.2 cm³/mol. The van der Waals surface area contributed by atoms with Crippen LogP contribution in [-0.2, 0) is 22.5 Å². The molecule has 0 spiro atoms. The third-order valence-electron chi connectivity index (χ3n) is 4.22. The van der Waals surface area contributed by atoms with E-state index in [1.54, 1.807) is 4.90 Å². The number of nitrogens with one attached hydrogen (secondary N) is 1. The van der Waals surface area contributed by atoms with Crippen molar-refractivity contribution in [2.24, 2.45) is 0 Å². The maximum Gasteiger partial charge on any atom is 0.317 e. The molecule has 1 aliphatic rings. The van der Waals surface area contributed by atoms with E-state index in [-0.39, 0.29) is 18.5 Å². The number of carbonyl (C=O) groups is 2. The number of benzene rings is 1. The first-order valence-electron chi connectivity index (χ1n) is 7.95. The average Bonchev–Trinajstić information content (AvgIpc) is 2.58. The van der Waals surface area contributed by atoms with Crippen molar-refractivity contribution in [2.45, 2.75) is 38.3 Å². The molecule has 1 saturated heterocycles. The molecule has 2 rings (SSSR count). The highest BCUT2D eigenvalue weighted by molar-refractivity contribution is 5.74. The zero-order valence-corrected chi connectivity index (χ0v) is 13.5. The molecule has 2 amide bonds. The molecule has 6 nitrogen and oxygen atoms in total. The molecule has 1 heterocycles. The number of amides is 2. The van der Waals surface area contributed by atoms with Crippen molar-refractivity contribution in [1.82, 2.24) is 10.2 Å². The summed E-state index contributed by atoms with van der Waals surface area (Å²) in [6, 6.07) is 7.72. The minimum absolute atomic E-state index is 0.0902. The minimum Gasteiger partial charge on any atom is -0.481 e. The molecule has 0 bridgehead atoms. The second kappa shape index (κ2) is 8.53. The van der Waals surface area contributed by atoms with E-state index >= 15 is 0 Å². The first-order chi connectivity index (χ1) is 11.1. The number of aryl methyl sites for hydroxylation is 1.